The third kappa shape index (κ3) is 5.61. The number of hydrogen-bond donors (Lipinski definition) is 2. The van der Waals surface area contributed by atoms with E-state index in [0.29, 0.717) is 12.5 Å². The molecule has 2 atom stereocenters. The van der Waals surface area contributed by atoms with Crippen LogP contribution in [0, 0.1) is 5.92 Å². The number of anilines is 1. The first kappa shape index (κ1) is 18.0. The first-order chi connectivity index (χ1) is 12.2. The van der Waals surface area contributed by atoms with E-state index in [1.54, 1.807) is 0 Å². The van der Waals surface area contributed by atoms with Gasteiger partial charge < -0.3 is 20.3 Å². The van der Waals surface area contributed by atoms with Gasteiger partial charge in [0.05, 0.1) is 6.61 Å². The van der Waals surface area contributed by atoms with Gasteiger partial charge in [0, 0.05) is 63.5 Å². The van der Waals surface area contributed by atoms with Crippen molar-refractivity contribution in [2.24, 2.45) is 5.92 Å². The Morgan fingerprint density at radius 3 is 2.68 bits per heavy atom. The topological polar surface area (TPSA) is 56.8 Å². The maximum absolute atomic E-state index is 12.0. The summed E-state index contributed by atoms with van der Waals surface area (Å²) in [5.41, 5.74) is 1.29. The lowest BCUT2D eigenvalue weighted by Gasteiger charge is -2.37. The van der Waals surface area contributed by atoms with Crippen LogP contribution < -0.4 is 15.5 Å². The number of urea groups is 1. The van der Waals surface area contributed by atoms with E-state index in [1.165, 1.54) is 5.69 Å². The molecule has 0 saturated carbocycles. The van der Waals surface area contributed by atoms with E-state index in [-0.39, 0.29) is 12.1 Å². The summed E-state index contributed by atoms with van der Waals surface area (Å²) in [5.74, 6) is 0.465. The number of rotatable bonds is 6. The van der Waals surface area contributed by atoms with Crippen LogP contribution in [0.25, 0.3) is 0 Å². The third-order valence-electron chi connectivity index (χ3n) is 4.98. The van der Waals surface area contributed by atoms with E-state index in [0.717, 1.165) is 52.4 Å². The molecule has 1 aromatic carbocycles. The first-order valence-electron chi connectivity index (χ1n) is 9.35. The van der Waals surface area contributed by atoms with Crippen LogP contribution in [0.3, 0.4) is 0 Å². The second-order valence-electron chi connectivity index (χ2n) is 7.11. The van der Waals surface area contributed by atoms with E-state index in [2.05, 4.69) is 57.7 Å². The van der Waals surface area contributed by atoms with Crippen LogP contribution in [-0.4, -0.2) is 69.5 Å². The Morgan fingerprint density at radius 2 is 2.00 bits per heavy atom. The van der Waals surface area contributed by atoms with Gasteiger partial charge in [0.1, 0.15) is 0 Å². The highest BCUT2D eigenvalue weighted by Gasteiger charge is 2.20. The summed E-state index contributed by atoms with van der Waals surface area (Å²) in [5, 5.41) is 6.01. The Kier molecular flexibility index (Phi) is 6.53. The summed E-state index contributed by atoms with van der Waals surface area (Å²) in [7, 11) is 0. The fraction of sp³-hybridized carbons (Fsp3) is 0.632. The smallest absolute Gasteiger partial charge is 0.315 e. The van der Waals surface area contributed by atoms with Gasteiger partial charge >= 0.3 is 6.03 Å². The fourth-order valence-corrected chi connectivity index (χ4v) is 3.52. The van der Waals surface area contributed by atoms with Gasteiger partial charge in [0.2, 0.25) is 0 Å². The molecule has 2 fully saturated rings. The van der Waals surface area contributed by atoms with Gasteiger partial charge in [-0.3, -0.25) is 4.90 Å². The average molecular weight is 346 g/mol. The minimum Gasteiger partial charge on any atom is -0.381 e. The Hall–Kier alpha value is -1.79. The zero-order valence-corrected chi connectivity index (χ0v) is 15.1. The lowest BCUT2D eigenvalue weighted by atomic mass is 10.1. The Labute approximate surface area is 150 Å². The molecule has 2 saturated heterocycles. The van der Waals surface area contributed by atoms with Crippen LogP contribution in [0.2, 0.25) is 0 Å². The van der Waals surface area contributed by atoms with Gasteiger partial charge in [-0.15, -0.1) is 0 Å². The number of hydrogen-bond acceptors (Lipinski definition) is 4. The van der Waals surface area contributed by atoms with E-state index in [9.17, 15) is 4.79 Å². The molecule has 0 aromatic heterocycles. The second-order valence-corrected chi connectivity index (χ2v) is 7.11. The van der Waals surface area contributed by atoms with Gasteiger partial charge in [-0.05, 0) is 25.5 Å². The Morgan fingerprint density at radius 1 is 1.24 bits per heavy atom. The van der Waals surface area contributed by atoms with Crippen LogP contribution in [0.4, 0.5) is 10.5 Å². The van der Waals surface area contributed by atoms with E-state index >= 15 is 0 Å². The first-order valence-corrected chi connectivity index (χ1v) is 9.35. The minimum absolute atomic E-state index is 0.0673. The summed E-state index contributed by atoms with van der Waals surface area (Å²) in [4.78, 5) is 16.8. The largest absolute Gasteiger partial charge is 0.381 e. The lowest BCUT2D eigenvalue weighted by molar-refractivity contribution is 0.184. The Bertz CT molecular complexity index is 525. The molecule has 138 valence electrons. The number of para-hydroxylation sites is 1. The lowest BCUT2D eigenvalue weighted by Crippen LogP contribution is -2.52. The Balaban J connectivity index is 1.33. The average Bonchev–Trinajstić information content (AvgIpc) is 3.15. The van der Waals surface area contributed by atoms with Crippen molar-refractivity contribution in [3.63, 3.8) is 0 Å². The SMILES string of the molecule is C[C@H](CN1CCN(c2ccccc2)CC1)NC(=O)NC[C@@H]1CCOC1. The summed E-state index contributed by atoms with van der Waals surface area (Å²) in [6.45, 7) is 9.37. The molecule has 0 spiro atoms. The van der Waals surface area contributed by atoms with Crippen molar-refractivity contribution in [3.8, 4) is 0 Å². The molecule has 1 aromatic rings. The number of amides is 2. The van der Waals surface area contributed by atoms with Gasteiger partial charge in [-0.2, -0.15) is 0 Å². The van der Waals surface area contributed by atoms with Crippen molar-refractivity contribution in [1.29, 1.82) is 0 Å². The minimum atomic E-state index is -0.0673. The molecule has 3 rings (SSSR count). The van der Waals surface area contributed by atoms with E-state index in [4.69, 9.17) is 4.74 Å². The predicted molar refractivity (Wildman–Crippen MR) is 100 cm³/mol. The molecule has 0 unspecified atom stereocenters. The van der Waals surface area contributed by atoms with Crippen molar-refractivity contribution < 1.29 is 9.53 Å². The molecular formula is C19H30N4O2. The monoisotopic (exact) mass is 346 g/mol. The summed E-state index contributed by atoms with van der Waals surface area (Å²) in [6.07, 6.45) is 1.04. The number of ether oxygens (including phenoxy) is 1. The van der Waals surface area contributed by atoms with E-state index < -0.39 is 0 Å². The number of piperazine rings is 1. The van der Waals surface area contributed by atoms with Crippen LogP contribution in [-0.2, 0) is 4.74 Å². The molecule has 0 radical (unpaired) electrons. The molecule has 6 nitrogen and oxygen atoms in total. The van der Waals surface area contributed by atoms with Gasteiger partial charge in [-0.25, -0.2) is 4.79 Å². The summed E-state index contributed by atoms with van der Waals surface area (Å²) in [6, 6.07) is 10.6. The molecule has 0 aliphatic carbocycles. The van der Waals surface area contributed by atoms with Crippen molar-refractivity contribution >= 4 is 11.7 Å². The van der Waals surface area contributed by atoms with Crippen LogP contribution in [0.1, 0.15) is 13.3 Å². The molecule has 2 amide bonds. The van der Waals surface area contributed by atoms with Crippen LogP contribution >= 0.6 is 0 Å². The zero-order valence-electron chi connectivity index (χ0n) is 15.1. The maximum Gasteiger partial charge on any atom is 0.315 e. The number of benzene rings is 1. The van der Waals surface area contributed by atoms with E-state index in [1.807, 2.05) is 0 Å². The molecule has 2 aliphatic heterocycles. The third-order valence-corrected chi connectivity index (χ3v) is 4.98. The van der Waals surface area contributed by atoms with Gasteiger partial charge in [0.25, 0.3) is 0 Å². The highest BCUT2D eigenvalue weighted by Crippen LogP contribution is 2.15. The standard InChI is InChI=1S/C19H30N4O2/c1-16(21-19(24)20-13-17-7-12-25-15-17)14-22-8-10-23(11-9-22)18-5-3-2-4-6-18/h2-6,16-17H,7-15H2,1H3,(H2,20,21,24)/t16-,17+/m1/s1. The highest BCUT2D eigenvalue weighted by molar-refractivity contribution is 5.74. The van der Waals surface area contributed by atoms with Gasteiger partial charge in [0.15, 0.2) is 0 Å². The van der Waals surface area contributed by atoms with Crippen LogP contribution in [0.15, 0.2) is 30.3 Å². The zero-order chi connectivity index (χ0) is 17.5. The number of nitrogens with zero attached hydrogens (tertiary/aromatic N) is 2. The second kappa shape index (κ2) is 9.06. The predicted octanol–water partition coefficient (Wildman–Crippen LogP) is 1.53. The van der Waals surface area contributed by atoms with Crippen molar-refractivity contribution in [1.82, 2.24) is 15.5 Å². The molecule has 2 aliphatic rings. The maximum atomic E-state index is 12.0. The molecule has 2 N–H and O–H groups in total. The number of carbonyl (C=O) groups is 1. The quantitative estimate of drug-likeness (QED) is 0.820. The highest BCUT2D eigenvalue weighted by atomic mass is 16.5. The number of nitrogens with one attached hydrogen (secondary N) is 2. The van der Waals surface area contributed by atoms with Crippen molar-refractivity contribution in [2.75, 3.05) is 57.4 Å². The molecule has 6 heteroatoms. The van der Waals surface area contributed by atoms with Crippen LogP contribution in [0.5, 0.6) is 0 Å². The fourth-order valence-electron chi connectivity index (χ4n) is 3.52. The normalized spacial score (nSPS) is 22.6. The summed E-state index contributed by atoms with van der Waals surface area (Å²) < 4.78 is 5.33. The van der Waals surface area contributed by atoms with Crippen molar-refractivity contribution in [2.45, 2.75) is 19.4 Å². The number of carbonyl (C=O) groups excluding carboxylic acids is 1. The van der Waals surface area contributed by atoms with Gasteiger partial charge in [-0.1, -0.05) is 18.2 Å². The summed E-state index contributed by atoms with van der Waals surface area (Å²) >= 11 is 0. The molecular weight excluding hydrogens is 316 g/mol. The molecule has 25 heavy (non-hydrogen) atoms. The molecule has 0 bridgehead atoms. The van der Waals surface area contributed by atoms with Crippen molar-refractivity contribution in [3.05, 3.63) is 30.3 Å². The molecule has 2 heterocycles.